The lowest BCUT2D eigenvalue weighted by atomic mass is 10.2. The van der Waals surface area contributed by atoms with Crippen LogP contribution in [0.3, 0.4) is 0 Å². The molecule has 2 aromatic carbocycles. The number of carbonyl (C=O) groups is 3. The summed E-state index contributed by atoms with van der Waals surface area (Å²) in [6, 6.07) is 13.7. The minimum absolute atomic E-state index is 0.280. The summed E-state index contributed by atoms with van der Waals surface area (Å²) in [4.78, 5) is 35.4. The first kappa shape index (κ1) is 20.8. The third-order valence-electron chi connectivity index (χ3n) is 3.73. The van der Waals surface area contributed by atoms with Crippen molar-refractivity contribution in [3.8, 4) is 11.5 Å². The monoisotopic (exact) mass is 386 g/mol. The van der Waals surface area contributed by atoms with Gasteiger partial charge in [-0.3, -0.25) is 14.4 Å². The Labute approximate surface area is 162 Å². The van der Waals surface area contributed by atoms with Crippen molar-refractivity contribution in [3.05, 3.63) is 59.7 Å². The van der Waals surface area contributed by atoms with E-state index in [1.54, 1.807) is 43.5 Å². The Kier molecular flexibility index (Phi) is 7.83. The highest BCUT2D eigenvalue weighted by atomic mass is 16.5. The highest BCUT2D eigenvalue weighted by Gasteiger charge is 2.11. The smallest absolute Gasteiger partial charge is 0.325 e. The fraction of sp³-hybridized carbons (Fsp3) is 0.250. The first-order chi connectivity index (χ1) is 13.5. The summed E-state index contributed by atoms with van der Waals surface area (Å²) in [7, 11) is 3.09. The van der Waals surface area contributed by atoms with Crippen LogP contribution < -0.4 is 20.1 Å². The van der Waals surface area contributed by atoms with E-state index < -0.39 is 24.4 Å². The normalized spacial score (nSPS) is 9.93. The molecule has 0 saturated carbocycles. The predicted molar refractivity (Wildman–Crippen MR) is 101 cm³/mol. The van der Waals surface area contributed by atoms with Crippen LogP contribution in [0.15, 0.2) is 48.5 Å². The molecular formula is C20H22N2O6. The third-order valence-corrected chi connectivity index (χ3v) is 3.73. The lowest BCUT2D eigenvalue weighted by Crippen LogP contribution is -2.33. The van der Waals surface area contributed by atoms with Gasteiger partial charge in [-0.05, 0) is 42.0 Å². The molecule has 2 N–H and O–H groups in total. The maximum Gasteiger partial charge on any atom is 0.325 e. The standard InChI is InChI=1S/C20H22N2O6/c1-26-16-8-6-15(7-9-16)20(25)22-12-19(24)28-13-18(23)21-11-14-4-3-5-17(10-14)27-2/h3-10H,11-13H2,1-2H3,(H,21,23)(H,22,25). The molecule has 8 heteroatoms. The quantitative estimate of drug-likeness (QED) is 0.630. The molecule has 0 aliphatic carbocycles. The summed E-state index contributed by atoms with van der Waals surface area (Å²) < 4.78 is 15.0. The highest BCUT2D eigenvalue weighted by molar-refractivity contribution is 5.96. The lowest BCUT2D eigenvalue weighted by Gasteiger charge is -2.09. The van der Waals surface area contributed by atoms with Crippen molar-refractivity contribution < 1.29 is 28.6 Å². The van der Waals surface area contributed by atoms with Crippen LogP contribution in [0.25, 0.3) is 0 Å². The molecule has 2 aromatic rings. The molecule has 0 atom stereocenters. The minimum atomic E-state index is -0.710. The van der Waals surface area contributed by atoms with Crippen molar-refractivity contribution in [2.24, 2.45) is 0 Å². The van der Waals surface area contributed by atoms with Crippen LogP contribution in [-0.4, -0.2) is 45.2 Å². The number of esters is 1. The maximum atomic E-state index is 11.9. The van der Waals surface area contributed by atoms with Crippen molar-refractivity contribution >= 4 is 17.8 Å². The van der Waals surface area contributed by atoms with E-state index in [2.05, 4.69) is 10.6 Å². The Morgan fingerprint density at radius 1 is 0.893 bits per heavy atom. The summed E-state index contributed by atoms with van der Waals surface area (Å²) in [6.07, 6.45) is 0. The average Bonchev–Trinajstić information content (AvgIpc) is 2.74. The topological polar surface area (TPSA) is 103 Å². The number of hydrogen-bond donors (Lipinski definition) is 2. The zero-order valence-electron chi connectivity index (χ0n) is 15.7. The van der Waals surface area contributed by atoms with Gasteiger partial charge in [0.25, 0.3) is 11.8 Å². The van der Waals surface area contributed by atoms with Crippen LogP contribution in [0.2, 0.25) is 0 Å². The predicted octanol–water partition coefficient (Wildman–Crippen LogP) is 1.29. The fourth-order valence-corrected chi connectivity index (χ4v) is 2.23. The first-order valence-corrected chi connectivity index (χ1v) is 8.49. The van der Waals surface area contributed by atoms with Gasteiger partial charge in [-0.15, -0.1) is 0 Å². The van der Waals surface area contributed by atoms with Gasteiger partial charge in [-0.1, -0.05) is 12.1 Å². The summed E-state index contributed by atoms with van der Waals surface area (Å²) in [5.41, 5.74) is 1.23. The SMILES string of the molecule is COc1ccc(C(=O)NCC(=O)OCC(=O)NCc2cccc(OC)c2)cc1. The van der Waals surface area contributed by atoms with E-state index in [1.807, 2.05) is 12.1 Å². The molecule has 0 aromatic heterocycles. The van der Waals surface area contributed by atoms with Gasteiger partial charge < -0.3 is 24.8 Å². The van der Waals surface area contributed by atoms with Crippen LogP contribution in [0.5, 0.6) is 11.5 Å². The molecule has 0 fully saturated rings. The number of ether oxygens (including phenoxy) is 3. The van der Waals surface area contributed by atoms with Crippen molar-refractivity contribution in [2.75, 3.05) is 27.4 Å². The Morgan fingerprint density at radius 2 is 1.61 bits per heavy atom. The van der Waals surface area contributed by atoms with Gasteiger partial charge in [0.15, 0.2) is 6.61 Å². The second kappa shape index (κ2) is 10.6. The van der Waals surface area contributed by atoms with Crippen molar-refractivity contribution in [2.45, 2.75) is 6.54 Å². The van der Waals surface area contributed by atoms with E-state index in [1.165, 1.54) is 7.11 Å². The molecular weight excluding hydrogens is 364 g/mol. The Hall–Kier alpha value is -3.55. The van der Waals surface area contributed by atoms with Crippen molar-refractivity contribution in [1.82, 2.24) is 10.6 Å². The number of carbonyl (C=O) groups excluding carboxylic acids is 3. The van der Waals surface area contributed by atoms with Crippen LogP contribution in [0, 0.1) is 0 Å². The third kappa shape index (κ3) is 6.64. The molecule has 0 heterocycles. The first-order valence-electron chi connectivity index (χ1n) is 8.49. The van der Waals surface area contributed by atoms with E-state index in [0.717, 1.165) is 5.56 Å². The molecule has 2 amide bonds. The Morgan fingerprint density at radius 3 is 2.29 bits per heavy atom. The molecule has 0 aliphatic heterocycles. The second-order valence-electron chi connectivity index (χ2n) is 5.70. The number of hydrogen-bond acceptors (Lipinski definition) is 6. The van der Waals surface area contributed by atoms with Gasteiger partial charge in [0, 0.05) is 12.1 Å². The molecule has 0 spiro atoms. The van der Waals surface area contributed by atoms with Gasteiger partial charge in [-0.2, -0.15) is 0 Å². The second-order valence-corrected chi connectivity index (χ2v) is 5.70. The van der Waals surface area contributed by atoms with Crippen LogP contribution >= 0.6 is 0 Å². The number of amides is 2. The molecule has 0 aliphatic rings. The Balaban J connectivity index is 1.68. The van der Waals surface area contributed by atoms with E-state index in [9.17, 15) is 14.4 Å². The largest absolute Gasteiger partial charge is 0.497 e. The molecule has 0 saturated heterocycles. The summed E-state index contributed by atoms with van der Waals surface area (Å²) in [5.74, 6) is -0.278. The number of nitrogens with one attached hydrogen (secondary N) is 2. The van der Waals surface area contributed by atoms with Gasteiger partial charge in [0.1, 0.15) is 18.0 Å². The van der Waals surface area contributed by atoms with E-state index in [0.29, 0.717) is 17.1 Å². The molecule has 2 rings (SSSR count). The fourth-order valence-electron chi connectivity index (χ4n) is 2.23. The molecule has 0 radical (unpaired) electrons. The highest BCUT2D eigenvalue weighted by Crippen LogP contribution is 2.12. The van der Waals surface area contributed by atoms with Crippen molar-refractivity contribution in [1.29, 1.82) is 0 Å². The molecule has 0 bridgehead atoms. The van der Waals surface area contributed by atoms with Crippen LogP contribution in [0.1, 0.15) is 15.9 Å². The molecule has 8 nitrogen and oxygen atoms in total. The molecule has 0 unspecified atom stereocenters. The van der Waals surface area contributed by atoms with E-state index >= 15 is 0 Å². The summed E-state index contributed by atoms with van der Waals surface area (Å²) >= 11 is 0. The average molecular weight is 386 g/mol. The van der Waals surface area contributed by atoms with Crippen molar-refractivity contribution in [3.63, 3.8) is 0 Å². The summed E-state index contributed by atoms with van der Waals surface area (Å²) in [5, 5.41) is 5.07. The summed E-state index contributed by atoms with van der Waals surface area (Å²) in [6.45, 7) is -0.489. The lowest BCUT2D eigenvalue weighted by molar-refractivity contribution is -0.147. The van der Waals surface area contributed by atoms with Gasteiger partial charge >= 0.3 is 5.97 Å². The zero-order valence-corrected chi connectivity index (χ0v) is 15.7. The van der Waals surface area contributed by atoms with E-state index in [4.69, 9.17) is 14.2 Å². The zero-order chi connectivity index (χ0) is 20.4. The van der Waals surface area contributed by atoms with Gasteiger partial charge in [-0.25, -0.2) is 0 Å². The van der Waals surface area contributed by atoms with Crippen LogP contribution in [0.4, 0.5) is 0 Å². The molecule has 28 heavy (non-hydrogen) atoms. The molecule has 148 valence electrons. The van der Waals surface area contributed by atoms with Gasteiger partial charge in [0.05, 0.1) is 14.2 Å². The number of benzene rings is 2. The minimum Gasteiger partial charge on any atom is -0.497 e. The number of rotatable bonds is 9. The maximum absolute atomic E-state index is 11.9. The van der Waals surface area contributed by atoms with E-state index in [-0.39, 0.29) is 13.1 Å². The number of methoxy groups -OCH3 is 2. The Bertz CT molecular complexity index is 820. The van der Waals surface area contributed by atoms with Crippen LogP contribution in [-0.2, 0) is 20.9 Å². The van der Waals surface area contributed by atoms with Gasteiger partial charge in [0.2, 0.25) is 0 Å².